The van der Waals surface area contributed by atoms with Crippen molar-refractivity contribution in [2.24, 2.45) is 5.92 Å². The van der Waals surface area contributed by atoms with Crippen LogP contribution in [0.1, 0.15) is 32.1 Å². The van der Waals surface area contributed by atoms with Crippen molar-refractivity contribution in [1.82, 2.24) is 35.0 Å². The van der Waals surface area contributed by atoms with E-state index in [1.807, 2.05) is 49.3 Å². The minimum absolute atomic E-state index is 0.0526. The third kappa shape index (κ3) is 6.18. The second kappa shape index (κ2) is 12.7. The molecule has 10 nitrogen and oxygen atoms in total. The summed E-state index contributed by atoms with van der Waals surface area (Å²) >= 11 is 0. The summed E-state index contributed by atoms with van der Waals surface area (Å²) in [4.78, 5) is 32.0. The molecule has 234 valence electrons. The number of benzene rings is 1. The third-order valence-corrected chi connectivity index (χ3v) is 8.48. The van der Waals surface area contributed by atoms with Crippen LogP contribution in [0.5, 0.6) is 5.75 Å². The highest BCUT2D eigenvalue weighted by Crippen LogP contribution is 2.35. The Labute approximate surface area is 265 Å². The largest absolute Gasteiger partial charge is 0.492 e. The van der Waals surface area contributed by atoms with Gasteiger partial charge in [-0.15, -0.1) is 0 Å². The van der Waals surface area contributed by atoms with E-state index in [0.29, 0.717) is 40.5 Å². The number of aromatic nitrogens is 6. The number of aromatic amines is 2. The molecule has 0 spiro atoms. The number of halogens is 1. The molecular weight excluding hydrogens is 583 g/mol. The first-order valence-corrected chi connectivity index (χ1v) is 15.6. The summed E-state index contributed by atoms with van der Waals surface area (Å²) in [7, 11) is 3.92. The van der Waals surface area contributed by atoms with E-state index in [1.54, 1.807) is 24.8 Å². The summed E-state index contributed by atoms with van der Waals surface area (Å²) in [5.74, 6) is 0.189. The van der Waals surface area contributed by atoms with E-state index in [1.165, 1.54) is 18.6 Å². The highest BCUT2D eigenvalue weighted by molar-refractivity contribution is 6.00. The van der Waals surface area contributed by atoms with Gasteiger partial charge in [0.05, 0.1) is 40.5 Å². The van der Waals surface area contributed by atoms with Gasteiger partial charge in [-0.25, -0.2) is 9.37 Å². The zero-order valence-electron chi connectivity index (χ0n) is 25.8. The van der Waals surface area contributed by atoms with Crippen LogP contribution in [0.15, 0.2) is 67.3 Å². The van der Waals surface area contributed by atoms with E-state index in [4.69, 9.17) is 9.72 Å². The van der Waals surface area contributed by atoms with Crippen LogP contribution in [-0.2, 0) is 4.79 Å². The molecule has 1 fully saturated rings. The van der Waals surface area contributed by atoms with E-state index in [-0.39, 0.29) is 17.6 Å². The molecule has 0 radical (unpaired) electrons. The first kappa shape index (κ1) is 29.5. The first-order chi connectivity index (χ1) is 22.4. The summed E-state index contributed by atoms with van der Waals surface area (Å²) in [6.07, 6.45) is 12.1. The summed E-state index contributed by atoms with van der Waals surface area (Å²) in [5.41, 5.74) is 7.19. The average molecular weight is 619 g/mol. The Morgan fingerprint density at radius 2 is 1.83 bits per heavy atom. The Balaban J connectivity index is 1.19. The maximum atomic E-state index is 14.7. The van der Waals surface area contributed by atoms with Gasteiger partial charge in [0, 0.05) is 47.4 Å². The number of nitrogens with zero attached hydrogens (tertiary/aromatic N) is 5. The Morgan fingerprint density at radius 3 is 2.67 bits per heavy atom. The zero-order valence-corrected chi connectivity index (χ0v) is 25.8. The number of carbonyl (C=O) groups excluding carboxylic acids is 1. The van der Waals surface area contributed by atoms with Gasteiger partial charge in [-0.05, 0) is 68.9 Å². The van der Waals surface area contributed by atoms with Gasteiger partial charge in [-0.3, -0.25) is 19.9 Å². The lowest BCUT2D eigenvalue weighted by atomic mass is 9.88. The molecule has 7 rings (SSSR count). The number of carbonyl (C=O) groups is 1. The van der Waals surface area contributed by atoms with Crippen LogP contribution in [0.25, 0.3) is 55.7 Å². The quantitative estimate of drug-likeness (QED) is 0.162. The number of nitrogens with one attached hydrogen (secondary N) is 3. The second-order valence-corrected chi connectivity index (χ2v) is 12.1. The molecule has 1 amide bonds. The Bertz CT molecular complexity index is 2030. The predicted molar refractivity (Wildman–Crippen MR) is 177 cm³/mol. The normalized spacial score (nSPS) is 13.9. The molecule has 11 heteroatoms. The number of fused-ring (bicyclic) bond motifs is 2. The summed E-state index contributed by atoms with van der Waals surface area (Å²) in [6, 6.07) is 12.4. The van der Waals surface area contributed by atoms with Crippen molar-refractivity contribution in [3.8, 4) is 39.5 Å². The van der Waals surface area contributed by atoms with Gasteiger partial charge in [0.15, 0.2) is 0 Å². The van der Waals surface area contributed by atoms with Crippen molar-refractivity contribution in [1.29, 1.82) is 0 Å². The van der Waals surface area contributed by atoms with Crippen LogP contribution in [0.4, 0.5) is 10.1 Å². The molecule has 5 aromatic heterocycles. The van der Waals surface area contributed by atoms with Gasteiger partial charge in [-0.2, -0.15) is 5.10 Å². The highest BCUT2D eigenvalue weighted by atomic mass is 19.1. The lowest BCUT2D eigenvalue weighted by Gasteiger charge is -2.20. The SMILES string of the molecule is CN(C)CCOc1cc(F)cc(-c2cncc3[nH]c(-c4n[nH]c5ccc(-c6cncc(NC(=O)C7CCCCC7)c6)nc45)cc23)c1. The van der Waals surface area contributed by atoms with E-state index >= 15 is 0 Å². The van der Waals surface area contributed by atoms with Crippen LogP contribution in [0, 0.1) is 11.7 Å². The number of H-pyrrole nitrogens is 2. The van der Waals surface area contributed by atoms with Gasteiger partial charge in [-0.1, -0.05) is 19.3 Å². The minimum Gasteiger partial charge on any atom is -0.492 e. The number of hydrogen-bond acceptors (Lipinski definition) is 7. The molecule has 0 atom stereocenters. The number of likely N-dealkylation sites (N-methyl/N-ethyl adjacent to an activating group) is 1. The number of amides is 1. The Kier molecular flexibility index (Phi) is 8.15. The monoisotopic (exact) mass is 618 g/mol. The van der Waals surface area contributed by atoms with Gasteiger partial charge < -0.3 is 19.9 Å². The van der Waals surface area contributed by atoms with Gasteiger partial charge in [0.1, 0.15) is 29.4 Å². The van der Waals surface area contributed by atoms with Gasteiger partial charge in [0.2, 0.25) is 5.91 Å². The fourth-order valence-electron chi connectivity index (χ4n) is 6.06. The van der Waals surface area contributed by atoms with Crippen molar-refractivity contribution in [3.63, 3.8) is 0 Å². The van der Waals surface area contributed by atoms with Crippen molar-refractivity contribution in [3.05, 3.63) is 73.1 Å². The van der Waals surface area contributed by atoms with Crippen LogP contribution in [0.2, 0.25) is 0 Å². The van der Waals surface area contributed by atoms with Crippen LogP contribution >= 0.6 is 0 Å². The topological polar surface area (TPSA) is 125 Å². The Hall–Kier alpha value is -5.16. The van der Waals surface area contributed by atoms with E-state index in [0.717, 1.165) is 65.5 Å². The number of rotatable bonds is 9. The third-order valence-electron chi connectivity index (χ3n) is 8.48. The molecule has 6 aromatic rings. The van der Waals surface area contributed by atoms with E-state index in [2.05, 4.69) is 30.5 Å². The van der Waals surface area contributed by atoms with Gasteiger partial charge in [0.25, 0.3) is 0 Å². The number of pyridine rings is 3. The number of ether oxygens (including phenoxy) is 1. The molecular formula is C35H35FN8O2. The van der Waals surface area contributed by atoms with Crippen LogP contribution < -0.4 is 10.1 Å². The zero-order chi connectivity index (χ0) is 31.6. The lowest BCUT2D eigenvalue weighted by molar-refractivity contribution is -0.120. The second-order valence-electron chi connectivity index (χ2n) is 12.1. The molecule has 1 aliphatic rings. The maximum absolute atomic E-state index is 14.7. The smallest absolute Gasteiger partial charge is 0.227 e. The average Bonchev–Trinajstić information content (AvgIpc) is 3.69. The molecule has 46 heavy (non-hydrogen) atoms. The number of anilines is 1. The molecule has 0 bridgehead atoms. The molecule has 1 aromatic carbocycles. The van der Waals surface area contributed by atoms with Gasteiger partial charge >= 0.3 is 0 Å². The molecule has 0 unspecified atom stereocenters. The van der Waals surface area contributed by atoms with Crippen LogP contribution in [-0.4, -0.2) is 68.2 Å². The molecule has 5 heterocycles. The lowest BCUT2D eigenvalue weighted by Crippen LogP contribution is -2.24. The summed E-state index contributed by atoms with van der Waals surface area (Å²) < 4.78 is 20.5. The number of hydrogen-bond donors (Lipinski definition) is 3. The predicted octanol–water partition coefficient (Wildman–Crippen LogP) is 6.83. The highest BCUT2D eigenvalue weighted by Gasteiger charge is 2.22. The fraction of sp³-hybridized carbons (Fsp3) is 0.286. The molecule has 1 aliphatic carbocycles. The van der Waals surface area contributed by atoms with Crippen molar-refractivity contribution in [2.75, 3.05) is 32.6 Å². The summed E-state index contributed by atoms with van der Waals surface area (Å²) in [6.45, 7) is 1.17. The standard InChI is InChI=1S/C35H35FN8O2/c1-44(2)10-11-46-26-14-22(12-24(36)15-26)28-19-38-20-32-27(28)16-31(40-32)34-33-30(42-43-34)9-8-29(41-33)23-13-25(18-37-17-23)39-35(45)21-6-4-3-5-7-21/h8-9,12-21,40H,3-7,10-11H2,1-2H3,(H,39,45)(H,42,43). The fourth-order valence-corrected chi connectivity index (χ4v) is 6.06. The Morgan fingerprint density at radius 1 is 0.978 bits per heavy atom. The summed E-state index contributed by atoms with van der Waals surface area (Å²) in [5, 5.41) is 11.6. The molecule has 0 saturated heterocycles. The van der Waals surface area contributed by atoms with Crippen LogP contribution in [0.3, 0.4) is 0 Å². The molecule has 3 N–H and O–H groups in total. The minimum atomic E-state index is -0.382. The maximum Gasteiger partial charge on any atom is 0.227 e. The van der Waals surface area contributed by atoms with E-state index < -0.39 is 0 Å². The van der Waals surface area contributed by atoms with Crippen molar-refractivity contribution in [2.45, 2.75) is 32.1 Å². The molecule has 1 saturated carbocycles. The van der Waals surface area contributed by atoms with Crippen molar-refractivity contribution >= 4 is 33.5 Å². The first-order valence-electron chi connectivity index (χ1n) is 15.6. The molecule has 0 aliphatic heterocycles. The van der Waals surface area contributed by atoms with Crippen molar-refractivity contribution < 1.29 is 13.9 Å². The van der Waals surface area contributed by atoms with E-state index in [9.17, 15) is 9.18 Å².